The van der Waals surface area contributed by atoms with Crippen molar-refractivity contribution in [3.8, 4) is 5.75 Å². The van der Waals surface area contributed by atoms with Crippen molar-refractivity contribution in [2.75, 3.05) is 20.7 Å². The Morgan fingerprint density at radius 3 is 2.47 bits per heavy atom. The van der Waals surface area contributed by atoms with E-state index < -0.39 is 11.1 Å². The molecular weight excluding hydrogens is 262 g/mol. The lowest BCUT2D eigenvalue weighted by atomic mass is 10.1. The van der Waals surface area contributed by atoms with Gasteiger partial charge in [-0.05, 0) is 43.0 Å². The molecule has 0 aliphatic heterocycles. The number of hydrogen-bond acceptors (Lipinski definition) is 4. The lowest BCUT2D eigenvalue weighted by Gasteiger charge is -2.19. The van der Waals surface area contributed by atoms with Crippen molar-refractivity contribution in [3.05, 3.63) is 24.3 Å². The maximum atomic E-state index is 12.0. The monoisotopic (exact) mass is 283 g/mol. The van der Waals surface area contributed by atoms with Crippen LogP contribution in [0.15, 0.2) is 29.2 Å². The summed E-state index contributed by atoms with van der Waals surface area (Å²) in [7, 11) is 3.46. The third kappa shape index (κ3) is 4.30. The first-order valence-corrected chi connectivity index (χ1v) is 7.72. The number of ether oxygens (including phenoxy) is 1. The van der Waals surface area contributed by atoms with E-state index in [1.165, 1.54) is 25.7 Å². The minimum absolute atomic E-state index is 0.652. The minimum Gasteiger partial charge on any atom is -0.497 e. The molecule has 0 bridgehead atoms. The van der Waals surface area contributed by atoms with Crippen molar-refractivity contribution >= 4 is 11.1 Å². The van der Waals surface area contributed by atoms with E-state index in [9.17, 15) is 4.21 Å². The third-order valence-corrected chi connectivity index (χ3v) is 4.48. The van der Waals surface area contributed by atoms with Gasteiger partial charge in [-0.1, -0.05) is 12.8 Å². The van der Waals surface area contributed by atoms with Gasteiger partial charge in [0.25, 0.3) is 0 Å². The average molecular weight is 283 g/mol. The largest absolute Gasteiger partial charge is 0.497 e. The van der Waals surface area contributed by atoms with Crippen molar-refractivity contribution in [1.82, 2.24) is 5.06 Å². The Bertz CT molecular complexity index is 415. The number of rotatable bonds is 6. The molecule has 1 aromatic carbocycles. The molecule has 1 aromatic rings. The van der Waals surface area contributed by atoms with E-state index in [0.717, 1.165) is 12.3 Å². The third-order valence-electron chi connectivity index (χ3n) is 3.44. The normalized spacial score (nSPS) is 17.8. The predicted octanol–water partition coefficient (Wildman–Crippen LogP) is 2.77. The zero-order valence-corrected chi connectivity index (χ0v) is 12.3. The quantitative estimate of drug-likeness (QED) is 0.753. The van der Waals surface area contributed by atoms with E-state index in [2.05, 4.69) is 0 Å². The fourth-order valence-electron chi connectivity index (χ4n) is 2.43. The van der Waals surface area contributed by atoms with Gasteiger partial charge >= 0.3 is 0 Å². The van der Waals surface area contributed by atoms with E-state index in [1.54, 1.807) is 36.4 Å². The van der Waals surface area contributed by atoms with Gasteiger partial charge in [-0.3, -0.25) is 0 Å². The van der Waals surface area contributed by atoms with Crippen LogP contribution in [0.5, 0.6) is 5.75 Å². The fourth-order valence-corrected chi connectivity index (χ4v) is 3.17. The number of hydroxylamine groups is 2. The van der Waals surface area contributed by atoms with Crippen LogP contribution in [0, 0.1) is 5.92 Å². The van der Waals surface area contributed by atoms with Gasteiger partial charge in [-0.2, -0.15) is 9.35 Å². The van der Waals surface area contributed by atoms with Crippen LogP contribution in [0.25, 0.3) is 0 Å². The molecule has 4 nitrogen and oxygen atoms in total. The maximum absolute atomic E-state index is 12.0. The lowest BCUT2D eigenvalue weighted by Crippen LogP contribution is -2.25. The van der Waals surface area contributed by atoms with Crippen LogP contribution in [0.2, 0.25) is 0 Å². The molecule has 0 amide bonds. The van der Waals surface area contributed by atoms with Crippen molar-refractivity contribution in [1.29, 1.82) is 0 Å². The number of nitrogens with zero attached hydrogens (tertiary/aromatic N) is 1. The van der Waals surface area contributed by atoms with Gasteiger partial charge in [-0.25, -0.2) is 4.21 Å². The second-order valence-electron chi connectivity index (χ2n) is 4.95. The highest BCUT2D eigenvalue weighted by atomic mass is 32.2. The van der Waals surface area contributed by atoms with Gasteiger partial charge in [0.15, 0.2) is 0 Å². The molecule has 19 heavy (non-hydrogen) atoms. The fraction of sp³-hybridized carbons (Fsp3) is 0.571. The highest BCUT2D eigenvalue weighted by Crippen LogP contribution is 2.25. The summed E-state index contributed by atoms with van der Waals surface area (Å²) in [6.07, 6.45) is 5.12. The lowest BCUT2D eigenvalue weighted by molar-refractivity contribution is -0.0293. The first-order valence-electron chi connectivity index (χ1n) is 6.64. The van der Waals surface area contributed by atoms with Crippen LogP contribution in [0.4, 0.5) is 0 Å². The van der Waals surface area contributed by atoms with Crippen molar-refractivity contribution < 1.29 is 13.2 Å². The van der Waals surface area contributed by atoms with Crippen molar-refractivity contribution in [3.63, 3.8) is 0 Å². The average Bonchev–Trinajstić information content (AvgIpc) is 2.91. The Morgan fingerprint density at radius 2 is 1.89 bits per heavy atom. The van der Waals surface area contributed by atoms with Crippen LogP contribution < -0.4 is 4.74 Å². The maximum Gasteiger partial charge on any atom is 0.206 e. The minimum atomic E-state index is -1.45. The highest BCUT2D eigenvalue weighted by molar-refractivity contribution is 7.80. The zero-order valence-electron chi connectivity index (χ0n) is 11.5. The van der Waals surface area contributed by atoms with Crippen molar-refractivity contribution in [2.45, 2.75) is 30.6 Å². The van der Waals surface area contributed by atoms with Crippen LogP contribution in [0.3, 0.4) is 0 Å². The Labute approximate surface area is 117 Å². The molecule has 1 unspecified atom stereocenters. The molecule has 0 heterocycles. The van der Waals surface area contributed by atoms with Gasteiger partial charge in [-0.15, -0.1) is 0 Å². The highest BCUT2D eigenvalue weighted by Gasteiger charge is 2.18. The zero-order chi connectivity index (χ0) is 13.7. The standard InChI is InChI=1S/C14H21NO3S/c1-15(11-12-5-3-4-6-12)18-19(16)14-9-7-13(17-2)8-10-14/h7-10,12H,3-6,11H2,1-2H3. The topological polar surface area (TPSA) is 38.8 Å². The molecule has 0 radical (unpaired) electrons. The number of methoxy groups -OCH3 is 1. The molecule has 106 valence electrons. The molecule has 1 aliphatic carbocycles. The second kappa shape index (κ2) is 7.03. The summed E-state index contributed by atoms with van der Waals surface area (Å²) < 4.78 is 22.5. The van der Waals surface area contributed by atoms with E-state index >= 15 is 0 Å². The van der Waals surface area contributed by atoms with Gasteiger partial charge in [0, 0.05) is 13.6 Å². The number of hydrogen-bond donors (Lipinski definition) is 0. The molecule has 0 saturated heterocycles. The summed E-state index contributed by atoms with van der Waals surface area (Å²) in [5, 5.41) is 1.70. The molecular formula is C14H21NO3S. The van der Waals surface area contributed by atoms with Crippen LogP contribution in [0.1, 0.15) is 25.7 Å². The van der Waals surface area contributed by atoms with E-state index in [-0.39, 0.29) is 0 Å². The van der Waals surface area contributed by atoms with Crippen LogP contribution in [-0.4, -0.2) is 30.0 Å². The first kappa shape index (κ1) is 14.5. The Kier molecular flexibility index (Phi) is 5.36. The van der Waals surface area contributed by atoms with E-state index in [0.29, 0.717) is 10.8 Å². The summed E-state index contributed by atoms with van der Waals surface area (Å²) in [6, 6.07) is 7.10. The van der Waals surface area contributed by atoms with Gasteiger partial charge in [0.2, 0.25) is 11.1 Å². The molecule has 1 fully saturated rings. The number of benzene rings is 1. The second-order valence-corrected chi connectivity index (χ2v) is 6.04. The van der Waals surface area contributed by atoms with Gasteiger partial charge in [0.1, 0.15) is 5.75 Å². The molecule has 0 aromatic heterocycles. The van der Waals surface area contributed by atoms with E-state index in [4.69, 9.17) is 9.02 Å². The predicted molar refractivity (Wildman–Crippen MR) is 75.1 cm³/mol. The summed E-state index contributed by atoms with van der Waals surface area (Å²) in [5.41, 5.74) is 0. The van der Waals surface area contributed by atoms with E-state index in [1.807, 2.05) is 7.05 Å². The first-order chi connectivity index (χ1) is 9.19. The summed E-state index contributed by atoms with van der Waals surface area (Å²) >= 11 is -1.45. The van der Waals surface area contributed by atoms with Gasteiger partial charge < -0.3 is 4.74 Å². The Hall–Kier alpha value is -0.910. The molecule has 1 saturated carbocycles. The molecule has 0 N–H and O–H groups in total. The smallest absolute Gasteiger partial charge is 0.206 e. The summed E-state index contributed by atoms with van der Waals surface area (Å²) in [6.45, 7) is 0.849. The molecule has 0 spiro atoms. The SMILES string of the molecule is COc1ccc(S(=O)ON(C)CC2CCCC2)cc1. The summed E-state index contributed by atoms with van der Waals surface area (Å²) in [4.78, 5) is 0.652. The molecule has 5 heteroatoms. The van der Waals surface area contributed by atoms with Crippen LogP contribution in [-0.2, 0) is 15.4 Å². The molecule has 2 rings (SSSR count). The van der Waals surface area contributed by atoms with Crippen molar-refractivity contribution in [2.24, 2.45) is 5.92 Å². The Morgan fingerprint density at radius 1 is 1.26 bits per heavy atom. The van der Waals surface area contributed by atoms with Crippen LogP contribution >= 0.6 is 0 Å². The Balaban J connectivity index is 1.84. The molecule has 1 atom stereocenters. The molecule has 1 aliphatic rings. The van der Waals surface area contributed by atoms with Gasteiger partial charge in [0.05, 0.1) is 12.0 Å². The summed E-state index contributed by atoms with van der Waals surface area (Å²) in [5.74, 6) is 1.43.